The van der Waals surface area contributed by atoms with Crippen molar-refractivity contribution in [2.75, 3.05) is 12.0 Å². The number of hydrogen-bond acceptors (Lipinski definition) is 4. The molecule has 0 saturated carbocycles. The summed E-state index contributed by atoms with van der Waals surface area (Å²) in [6.07, 6.45) is 0. The van der Waals surface area contributed by atoms with E-state index in [1.54, 1.807) is 24.3 Å². The highest BCUT2D eigenvalue weighted by molar-refractivity contribution is 6.21. The van der Waals surface area contributed by atoms with E-state index in [0.717, 1.165) is 11.3 Å². The molecule has 5 heteroatoms. The molecule has 0 radical (unpaired) electrons. The zero-order valence-corrected chi connectivity index (χ0v) is 11.9. The number of carbonyl (C=O) groups is 2. The first-order valence-corrected chi connectivity index (χ1v) is 6.70. The summed E-state index contributed by atoms with van der Waals surface area (Å²) in [5.74, 6) is 0.115. The third-order valence-corrected chi connectivity index (χ3v) is 3.39. The van der Waals surface area contributed by atoms with Crippen molar-refractivity contribution in [3.63, 3.8) is 0 Å². The van der Waals surface area contributed by atoms with Crippen LogP contribution < -0.4 is 5.32 Å². The molecule has 3 rings (SSSR count). The minimum Gasteiger partial charge on any atom is -0.352 e. The molecule has 106 valence electrons. The van der Waals surface area contributed by atoms with Gasteiger partial charge in [-0.25, -0.2) is 4.98 Å². The quantitative estimate of drug-likeness (QED) is 0.877. The van der Waals surface area contributed by atoms with Crippen molar-refractivity contribution in [2.24, 2.45) is 0 Å². The lowest BCUT2D eigenvalue weighted by Crippen LogP contribution is -2.34. The van der Waals surface area contributed by atoms with Crippen molar-refractivity contribution in [3.8, 4) is 0 Å². The molecule has 2 amide bonds. The van der Waals surface area contributed by atoms with E-state index in [4.69, 9.17) is 0 Å². The van der Waals surface area contributed by atoms with Gasteiger partial charge in [0.25, 0.3) is 11.8 Å². The van der Waals surface area contributed by atoms with Crippen molar-refractivity contribution in [3.05, 3.63) is 58.8 Å². The largest absolute Gasteiger partial charge is 0.352 e. The van der Waals surface area contributed by atoms with Crippen LogP contribution in [0, 0.1) is 13.8 Å². The molecule has 21 heavy (non-hydrogen) atoms. The van der Waals surface area contributed by atoms with Gasteiger partial charge in [-0.2, -0.15) is 0 Å². The second kappa shape index (κ2) is 5.01. The fourth-order valence-electron chi connectivity index (χ4n) is 2.47. The van der Waals surface area contributed by atoms with Crippen LogP contribution in [0.25, 0.3) is 0 Å². The number of pyridine rings is 1. The molecule has 1 aromatic heterocycles. The monoisotopic (exact) mass is 281 g/mol. The van der Waals surface area contributed by atoms with E-state index in [2.05, 4.69) is 10.3 Å². The molecule has 1 aromatic carbocycles. The summed E-state index contributed by atoms with van der Waals surface area (Å²) in [5, 5.41) is 3.04. The minimum atomic E-state index is -0.271. The first-order valence-electron chi connectivity index (χ1n) is 6.70. The number of benzene rings is 1. The van der Waals surface area contributed by atoms with E-state index in [9.17, 15) is 9.59 Å². The van der Waals surface area contributed by atoms with Crippen molar-refractivity contribution >= 4 is 17.6 Å². The summed E-state index contributed by atoms with van der Waals surface area (Å²) in [7, 11) is 0. The summed E-state index contributed by atoms with van der Waals surface area (Å²) < 4.78 is 0. The fraction of sp³-hybridized carbons (Fsp3) is 0.188. The predicted octanol–water partition coefficient (Wildman–Crippen LogP) is 2.36. The number of aromatic nitrogens is 1. The molecule has 0 fully saturated rings. The molecular formula is C16H15N3O2. The number of carbonyl (C=O) groups excluding carboxylic acids is 2. The first-order chi connectivity index (χ1) is 10.1. The Morgan fingerprint density at radius 3 is 2.24 bits per heavy atom. The Bertz CT molecular complexity index is 685. The average Bonchev–Trinajstić information content (AvgIpc) is 2.69. The topological polar surface area (TPSA) is 62.3 Å². The lowest BCUT2D eigenvalue weighted by Gasteiger charge is -2.15. The number of hydrogen-bond donors (Lipinski definition) is 1. The molecule has 0 atom stereocenters. The summed E-state index contributed by atoms with van der Waals surface area (Å²) in [6, 6.07) is 10.7. The molecule has 5 nitrogen and oxygen atoms in total. The molecular weight excluding hydrogens is 266 g/mol. The van der Waals surface area contributed by atoms with Crippen LogP contribution in [0.4, 0.5) is 5.82 Å². The number of nitrogens with one attached hydrogen (secondary N) is 1. The Hall–Kier alpha value is -2.69. The van der Waals surface area contributed by atoms with Crippen LogP contribution in [0.3, 0.4) is 0 Å². The standard InChI is InChI=1S/C16H15N3O2/c1-10-7-11(2)18-14(8-10)17-9-19-15(20)12-5-3-4-6-13(12)16(19)21/h3-8H,9H2,1-2H3,(H,17,18). The summed E-state index contributed by atoms with van der Waals surface area (Å²) >= 11 is 0. The maximum absolute atomic E-state index is 12.2. The van der Waals surface area contributed by atoms with Crippen LogP contribution in [0.5, 0.6) is 0 Å². The van der Waals surface area contributed by atoms with Crippen molar-refractivity contribution in [1.29, 1.82) is 0 Å². The third kappa shape index (κ3) is 2.38. The number of aryl methyl sites for hydroxylation is 2. The zero-order chi connectivity index (χ0) is 15.0. The molecule has 0 saturated heterocycles. The van der Waals surface area contributed by atoms with Gasteiger partial charge in [0.15, 0.2) is 0 Å². The molecule has 1 N–H and O–H groups in total. The summed E-state index contributed by atoms with van der Waals surface area (Å²) in [4.78, 5) is 29.9. The van der Waals surface area contributed by atoms with Gasteiger partial charge in [0.2, 0.25) is 0 Å². The van der Waals surface area contributed by atoms with Gasteiger partial charge in [0.05, 0.1) is 17.8 Å². The van der Waals surface area contributed by atoms with Gasteiger partial charge in [0, 0.05) is 5.69 Å². The van der Waals surface area contributed by atoms with Crippen LogP contribution >= 0.6 is 0 Å². The number of anilines is 1. The third-order valence-electron chi connectivity index (χ3n) is 3.39. The highest BCUT2D eigenvalue weighted by Crippen LogP contribution is 2.22. The number of rotatable bonds is 3. The predicted molar refractivity (Wildman–Crippen MR) is 79.1 cm³/mol. The molecule has 0 bridgehead atoms. The Morgan fingerprint density at radius 2 is 1.67 bits per heavy atom. The lowest BCUT2D eigenvalue weighted by atomic mass is 10.1. The summed E-state index contributed by atoms with van der Waals surface area (Å²) in [5.41, 5.74) is 2.88. The number of imide groups is 1. The van der Waals surface area contributed by atoms with Gasteiger partial charge in [-0.3, -0.25) is 14.5 Å². The van der Waals surface area contributed by atoms with Gasteiger partial charge in [-0.15, -0.1) is 0 Å². The SMILES string of the molecule is Cc1cc(C)nc(NCN2C(=O)c3ccccc3C2=O)c1. The van der Waals surface area contributed by atoms with Gasteiger partial charge in [-0.1, -0.05) is 12.1 Å². The Balaban J connectivity index is 1.78. The Labute approximate surface area is 122 Å². The Morgan fingerprint density at radius 1 is 1.05 bits per heavy atom. The molecule has 1 aliphatic heterocycles. The molecule has 2 heterocycles. The fourth-order valence-corrected chi connectivity index (χ4v) is 2.47. The van der Waals surface area contributed by atoms with E-state index in [1.807, 2.05) is 26.0 Å². The second-order valence-corrected chi connectivity index (χ2v) is 5.09. The normalized spacial score (nSPS) is 13.5. The number of fused-ring (bicyclic) bond motifs is 1. The average molecular weight is 281 g/mol. The maximum atomic E-state index is 12.2. The molecule has 1 aliphatic rings. The molecule has 0 spiro atoms. The van der Waals surface area contributed by atoms with E-state index in [-0.39, 0.29) is 18.5 Å². The van der Waals surface area contributed by atoms with E-state index in [1.165, 1.54) is 4.90 Å². The Kier molecular flexibility index (Phi) is 3.17. The van der Waals surface area contributed by atoms with E-state index in [0.29, 0.717) is 16.9 Å². The van der Waals surface area contributed by atoms with Crippen LogP contribution in [-0.2, 0) is 0 Å². The van der Waals surface area contributed by atoms with Crippen molar-refractivity contribution in [1.82, 2.24) is 9.88 Å². The van der Waals surface area contributed by atoms with Gasteiger partial charge in [0.1, 0.15) is 5.82 Å². The lowest BCUT2D eigenvalue weighted by molar-refractivity contribution is 0.0665. The first kappa shape index (κ1) is 13.3. The van der Waals surface area contributed by atoms with Gasteiger partial charge >= 0.3 is 0 Å². The van der Waals surface area contributed by atoms with Crippen molar-refractivity contribution < 1.29 is 9.59 Å². The molecule has 2 aromatic rings. The molecule has 0 unspecified atom stereocenters. The molecule has 0 aliphatic carbocycles. The summed E-state index contributed by atoms with van der Waals surface area (Å²) in [6.45, 7) is 3.99. The second-order valence-electron chi connectivity index (χ2n) is 5.09. The van der Waals surface area contributed by atoms with Crippen LogP contribution in [0.15, 0.2) is 36.4 Å². The van der Waals surface area contributed by atoms with E-state index < -0.39 is 0 Å². The van der Waals surface area contributed by atoms with Gasteiger partial charge < -0.3 is 5.32 Å². The zero-order valence-electron chi connectivity index (χ0n) is 11.9. The minimum absolute atomic E-state index is 0.113. The maximum Gasteiger partial charge on any atom is 0.263 e. The number of nitrogens with zero attached hydrogens (tertiary/aromatic N) is 2. The number of amides is 2. The van der Waals surface area contributed by atoms with E-state index >= 15 is 0 Å². The highest BCUT2D eigenvalue weighted by atomic mass is 16.2. The van der Waals surface area contributed by atoms with Crippen LogP contribution in [-0.4, -0.2) is 28.4 Å². The van der Waals surface area contributed by atoms with Crippen LogP contribution in [0.2, 0.25) is 0 Å². The van der Waals surface area contributed by atoms with Crippen molar-refractivity contribution in [2.45, 2.75) is 13.8 Å². The van der Waals surface area contributed by atoms with Crippen LogP contribution in [0.1, 0.15) is 32.0 Å². The smallest absolute Gasteiger partial charge is 0.263 e. The highest BCUT2D eigenvalue weighted by Gasteiger charge is 2.34. The van der Waals surface area contributed by atoms with Gasteiger partial charge in [-0.05, 0) is 43.7 Å².